The SMILES string of the molecule is CC(C)OCC(=O)N1CC(N)(C2CC2)C1. The van der Waals surface area contributed by atoms with Crippen molar-refractivity contribution in [1.29, 1.82) is 0 Å². The van der Waals surface area contributed by atoms with E-state index in [1.165, 1.54) is 12.8 Å². The van der Waals surface area contributed by atoms with Crippen LogP contribution in [-0.2, 0) is 9.53 Å². The molecule has 15 heavy (non-hydrogen) atoms. The summed E-state index contributed by atoms with van der Waals surface area (Å²) in [6, 6.07) is 0. The average molecular weight is 212 g/mol. The van der Waals surface area contributed by atoms with Crippen molar-refractivity contribution >= 4 is 5.91 Å². The number of amides is 1. The summed E-state index contributed by atoms with van der Waals surface area (Å²) in [6.07, 6.45) is 2.59. The summed E-state index contributed by atoms with van der Waals surface area (Å²) in [5.74, 6) is 0.734. The van der Waals surface area contributed by atoms with Crippen LogP contribution < -0.4 is 5.73 Å². The van der Waals surface area contributed by atoms with Gasteiger partial charge in [0.15, 0.2) is 0 Å². The van der Waals surface area contributed by atoms with Gasteiger partial charge in [0, 0.05) is 13.1 Å². The van der Waals surface area contributed by atoms with E-state index in [-0.39, 0.29) is 24.2 Å². The normalized spacial score (nSPS) is 24.1. The quantitative estimate of drug-likeness (QED) is 0.732. The highest BCUT2D eigenvalue weighted by Crippen LogP contribution is 2.42. The van der Waals surface area contributed by atoms with Crippen LogP contribution in [0.15, 0.2) is 0 Å². The Balaban J connectivity index is 1.71. The first-order chi connectivity index (χ1) is 7.01. The molecule has 0 atom stereocenters. The van der Waals surface area contributed by atoms with Crippen LogP contribution in [0.25, 0.3) is 0 Å². The molecular formula is C11H20N2O2. The van der Waals surface area contributed by atoms with Crippen LogP contribution >= 0.6 is 0 Å². The largest absolute Gasteiger partial charge is 0.369 e. The Hall–Kier alpha value is -0.610. The van der Waals surface area contributed by atoms with E-state index in [4.69, 9.17) is 10.5 Å². The van der Waals surface area contributed by atoms with Crippen molar-refractivity contribution in [3.8, 4) is 0 Å². The summed E-state index contributed by atoms with van der Waals surface area (Å²) < 4.78 is 5.27. The Labute approximate surface area is 90.8 Å². The molecule has 1 saturated heterocycles. The number of hydrogen-bond acceptors (Lipinski definition) is 3. The highest BCUT2D eigenvalue weighted by atomic mass is 16.5. The molecule has 2 fully saturated rings. The minimum absolute atomic E-state index is 0.0745. The van der Waals surface area contributed by atoms with Gasteiger partial charge in [0.1, 0.15) is 6.61 Å². The number of rotatable bonds is 4. The monoisotopic (exact) mass is 212 g/mol. The molecule has 2 N–H and O–H groups in total. The van der Waals surface area contributed by atoms with Crippen LogP contribution in [0.1, 0.15) is 26.7 Å². The lowest BCUT2D eigenvalue weighted by molar-refractivity contribution is -0.145. The lowest BCUT2D eigenvalue weighted by Gasteiger charge is -2.48. The molecule has 0 aromatic carbocycles. The van der Waals surface area contributed by atoms with Crippen molar-refractivity contribution in [3.63, 3.8) is 0 Å². The second-order valence-corrected chi connectivity index (χ2v) is 5.12. The molecule has 4 heteroatoms. The zero-order valence-electron chi connectivity index (χ0n) is 9.53. The number of nitrogens with zero attached hydrogens (tertiary/aromatic N) is 1. The lowest BCUT2D eigenvalue weighted by atomic mass is 9.86. The summed E-state index contributed by atoms with van der Waals surface area (Å²) in [7, 11) is 0. The van der Waals surface area contributed by atoms with Gasteiger partial charge in [0.05, 0.1) is 11.6 Å². The molecule has 1 aliphatic heterocycles. The van der Waals surface area contributed by atoms with Gasteiger partial charge in [-0.1, -0.05) is 0 Å². The van der Waals surface area contributed by atoms with Gasteiger partial charge in [-0.15, -0.1) is 0 Å². The number of carbonyl (C=O) groups is 1. The van der Waals surface area contributed by atoms with Gasteiger partial charge in [-0.2, -0.15) is 0 Å². The highest BCUT2D eigenvalue weighted by molar-refractivity contribution is 5.78. The summed E-state index contributed by atoms with van der Waals surface area (Å²) in [5.41, 5.74) is 6.08. The van der Waals surface area contributed by atoms with Gasteiger partial charge in [0.25, 0.3) is 0 Å². The molecule has 0 aromatic heterocycles. The number of likely N-dealkylation sites (tertiary alicyclic amines) is 1. The average Bonchev–Trinajstić information content (AvgIpc) is 2.91. The van der Waals surface area contributed by atoms with E-state index in [2.05, 4.69) is 0 Å². The van der Waals surface area contributed by atoms with E-state index >= 15 is 0 Å². The smallest absolute Gasteiger partial charge is 0.248 e. The highest BCUT2D eigenvalue weighted by Gasteiger charge is 2.51. The summed E-state index contributed by atoms with van der Waals surface area (Å²) in [4.78, 5) is 13.4. The van der Waals surface area contributed by atoms with Gasteiger partial charge in [-0.05, 0) is 32.6 Å². The standard InChI is InChI=1S/C11H20N2O2/c1-8(2)15-5-10(14)13-6-11(12,7-13)9-3-4-9/h8-9H,3-7,12H2,1-2H3. The van der Waals surface area contributed by atoms with Crippen LogP contribution in [0.5, 0.6) is 0 Å². The number of nitrogens with two attached hydrogens (primary N) is 1. The van der Waals surface area contributed by atoms with Crippen molar-refractivity contribution in [2.75, 3.05) is 19.7 Å². The van der Waals surface area contributed by atoms with Gasteiger partial charge in [0.2, 0.25) is 5.91 Å². The summed E-state index contributed by atoms with van der Waals surface area (Å²) in [6.45, 7) is 5.50. The molecule has 1 heterocycles. The molecule has 1 aliphatic carbocycles. The molecule has 4 nitrogen and oxygen atoms in total. The maximum Gasteiger partial charge on any atom is 0.248 e. The topological polar surface area (TPSA) is 55.6 Å². The maximum atomic E-state index is 11.6. The van der Waals surface area contributed by atoms with Gasteiger partial charge in [-0.3, -0.25) is 4.79 Å². The van der Waals surface area contributed by atoms with Crippen LogP contribution in [0, 0.1) is 5.92 Å². The van der Waals surface area contributed by atoms with Crippen molar-refractivity contribution in [1.82, 2.24) is 4.90 Å². The zero-order valence-corrected chi connectivity index (χ0v) is 9.53. The summed E-state index contributed by atoms with van der Waals surface area (Å²) in [5, 5.41) is 0. The van der Waals surface area contributed by atoms with E-state index in [0.29, 0.717) is 5.92 Å². The third kappa shape index (κ3) is 2.32. The Bertz CT molecular complexity index is 255. The van der Waals surface area contributed by atoms with E-state index in [9.17, 15) is 4.79 Å². The predicted octanol–water partition coefficient (Wildman–Crippen LogP) is 0.361. The molecule has 2 aliphatic rings. The van der Waals surface area contributed by atoms with E-state index in [1.807, 2.05) is 13.8 Å². The molecule has 0 radical (unpaired) electrons. The van der Waals surface area contributed by atoms with Crippen molar-refractivity contribution in [3.05, 3.63) is 0 Å². The molecule has 1 amide bonds. The number of ether oxygens (including phenoxy) is 1. The Kier molecular flexibility index (Phi) is 2.73. The Morgan fingerprint density at radius 1 is 1.53 bits per heavy atom. The minimum Gasteiger partial charge on any atom is -0.369 e. The molecule has 0 bridgehead atoms. The second kappa shape index (κ2) is 3.76. The Morgan fingerprint density at radius 3 is 2.60 bits per heavy atom. The van der Waals surface area contributed by atoms with Gasteiger partial charge >= 0.3 is 0 Å². The molecule has 0 unspecified atom stereocenters. The first-order valence-corrected chi connectivity index (χ1v) is 5.69. The van der Waals surface area contributed by atoms with E-state index < -0.39 is 0 Å². The van der Waals surface area contributed by atoms with Gasteiger partial charge in [-0.25, -0.2) is 0 Å². The third-order valence-corrected chi connectivity index (χ3v) is 3.25. The minimum atomic E-state index is -0.0759. The molecule has 86 valence electrons. The summed E-state index contributed by atoms with van der Waals surface area (Å²) >= 11 is 0. The van der Waals surface area contributed by atoms with Crippen LogP contribution in [0.3, 0.4) is 0 Å². The van der Waals surface area contributed by atoms with E-state index in [0.717, 1.165) is 13.1 Å². The molecule has 0 aromatic rings. The van der Waals surface area contributed by atoms with Crippen molar-refractivity contribution in [2.45, 2.75) is 38.3 Å². The van der Waals surface area contributed by atoms with Gasteiger partial charge < -0.3 is 15.4 Å². The lowest BCUT2D eigenvalue weighted by Crippen LogP contribution is -2.70. The fourth-order valence-electron chi connectivity index (χ4n) is 2.09. The zero-order chi connectivity index (χ0) is 11.1. The second-order valence-electron chi connectivity index (χ2n) is 5.12. The van der Waals surface area contributed by atoms with Crippen LogP contribution in [0.4, 0.5) is 0 Å². The fraction of sp³-hybridized carbons (Fsp3) is 0.909. The van der Waals surface area contributed by atoms with Crippen molar-refractivity contribution in [2.24, 2.45) is 11.7 Å². The Morgan fingerprint density at radius 2 is 2.13 bits per heavy atom. The van der Waals surface area contributed by atoms with Crippen LogP contribution in [0.2, 0.25) is 0 Å². The molecule has 2 rings (SSSR count). The number of hydrogen-bond donors (Lipinski definition) is 1. The first kappa shape index (κ1) is 10.9. The molecular weight excluding hydrogens is 192 g/mol. The maximum absolute atomic E-state index is 11.6. The van der Waals surface area contributed by atoms with Crippen molar-refractivity contribution < 1.29 is 9.53 Å². The molecule has 1 saturated carbocycles. The fourth-order valence-corrected chi connectivity index (χ4v) is 2.09. The first-order valence-electron chi connectivity index (χ1n) is 5.69. The molecule has 0 spiro atoms. The number of carbonyl (C=O) groups excluding carboxylic acids is 1. The third-order valence-electron chi connectivity index (χ3n) is 3.25. The predicted molar refractivity (Wildman–Crippen MR) is 57.3 cm³/mol. The van der Waals surface area contributed by atoms with E-state index in [1.54, 1.807) is 4.90 Å². The van der Waals surface area contributed by atoms with Crippen LogP contribution in [-0.4, -0.2) is 42.1 Å².